The molecular formula is C11H14F2N2. The van der Waals surface area contributed by atoms with Crippen LogP contribution >= 0.6 is 0 Å². The fourth-order valence-electron chi connectivity index (χ4n) is 1.98. The van der Waals surface area contributed by atoms with Crippen LogP contribution in [0.1, 0.15) is 24.4 Å². The van der Waals surface area contributed by atoms with E-state index in [1.165, 1.54) is 6.07 Å². The van der Waals surface area contributed by atoms with E-state index in [9.17, 15) is 8.78 Å². The van der Waals surface area contributed by atoms with E-state index in [2.05, 4.69) is 5.32 Å². The largest absolute Gasteiger partial charge is 0.326 e. The molecule has 2 nitrogen and oxygen atoms in total. The second-order valence-corrected chi connectivity index (χ2v) is 3.91. The smallest absolute Gasteiger partial charge is 0.159 e. The lowest BCUT2D eigenvalue weighted by Gasteiger charge is -2.30. The van der Waals surface area contributed by atoms with Crippen molar-refractivity contribution in [3.8, 4) is 0 Å². The Morgan fingerprint density at radius 2 is 2.07 bits per heavy atom. The molecule has 0 saturated carbocycles. The van der Waals surface area contributed by atoms with Crippen LogP contribution in [0.5, 0.6) is 0 Å². The summed E-state index contributed by atoms with van der Waals surface area (Å²) in [6.45, 7) is 0.872. The normalized spacial score (nSPS) is 26.6. The van der Waals surface area contributed by atoms with E-state index in [1.807, 2.05) is 0 Å². The molecule has 0 aliphatic carbocycles. The molecule has 1 aromatic carbocycles. The Morgan fingerprint density at radius 1 is 1.27 bits per heavy atom. The highest BCUT2D eigenvalue weighted by Crippen LogP contribution is 2.23. The van der Waals surface area contributed by atoms with Crippen LogP contribution in [-0.4, -0.2) is 12.6 Å². The topological polar surface area (TPSA) is 38.0 Å². The van der Waals surface area contributed by atoms with Crippen molar-refractivity contribution < 1.29 is 8.78 Å². The Labute approximate surface area is 87.5 Å². The van der Waals surface area contributed by atoms with Crippen LogP contribution in [0.15, 0.2) is 18.2 Å². The van der Waals surface area contributed by atoms with Gasteiger partial charge in [-0.2, -0.15) is 0 Å². The number of nitrogens with two attached hydrogens (primary N) is 1. The van der Waals surface area contributed by atoms with Crippen LogP contribution in [-0.2, 0) is 0 Å². The molecule has 0 amide bonds. The summed E-state index contributed by atoms with van der Waals surface area (Å²) in [7, 11) is 0. The number of rotatable bonds is 1. The standard InChI is InChI=1S/C11H14F2N2/c12-8-4-3-7(6-9(8)13)11-10(14)2-1-5-15-11/h3-4,6,10-11,15H,1-2,5,14H2/t10-,11-/m0/s1. The molecule has 2 atom stereocenters. The zero-order valence-corrected chi connectivity index (χ0v) is 8.34. The van der Waals surface area contributed by atoms with Crippen molar-refractivity contribution in [2.75, 3.05) is 6.54 Å². The molecule has 3 N–H and O–H groups in total. The quantitative estimate of drug-likeness (QED) is 0.743. The minimum Gasteiger partial charge on any atom is -0.326 e. The number of hydrogen-bond donors (Lipinski definition) is 2. The maximum absolute atomic E-state index is 13.0. The molecule has 1 aliphatic heterocycles. The summed E-state index contributed by atoms with van der Waals surface area (Å²) in [6, 6.07) is 3.87. The van der Waals surface area contributed by atoms with Crippen LogP contribution in [0.25, 0.3) is 0 Å². The van der Waals surface area contributed by atoms with Gasteiger partial charge in [-0.1, -0.05) is 6.07 Å². The molecule has 1 saturated heterocycles. The summed E-state index contributed by atoms with van der Waals surface area (Å²) < 4.78 is 25.8. The van der Waals surface area contributed by atoms with Gasteiger partial charge in [-0.25, -0.2) is 8.78 Å². The van der Waals surface area contributed by atoms with Gasteiger partial charge < -0.3 is 11.1 Å². The maximum Gasteiger partial charge on any atom is 0.159 e. The zero-order chi connectivity index (χ0) is 10.8. The second-order valence-electron chi connectivity index (χ2n) is 3.91. The summed E-state index contributed by atoms with van der Waals surface area (Å²) in [5, 5.41) is 3.22. The van der Waals surface area contributed by atoms with Gasteiger partial charge in [0.1, 0.15) is 0 Å². The fraction of sp³-hybridized carbons (Fsp3) is 0.455. The number of piperidine rings is 1. The van der Waals surface area contributed by atoms with E-state index in [1.54, 1.807) is 6.07 Å². The molecule has 0 unspecified atom stereocenters. The van der Waals surface area contributed by atoms with E-state index < -0.39 is 11.6 Å². The first-order chi connectivity index (χ1) is 7.18. The first-order valence-corrected chi connectivity index (χ1v) is 5.12. The van der Waals surface area contributed by atoms with Crippen molar-refractivity contribution in [2.45, 2.75) is 24.9 Å². The molecule has 15 heavy (non-hydrogen) atoms. The average Bonchev–Trinajstić information content (AvgIpc) is 2.23. The lowest BCUT2D eigenvalue weighted by molar-refractivity contribution is 0.356. The zero-order valence-electron chi connectivity index (χ0n) is 8.34. The third-order valence-electron chi connectivity index (χ3n) is 2.81. The highest BCUT2D eigenvalue weighted by atomic mass is 19.2. The van der Waals surface area contributed by atoms with E-state index in [0.717, 1.165) is 31.0 Å². The lowest BCUT2D eigenvalue weighted by atomic mass is 9.93. The van der Waals surface area contributed by atoms with Gasteiger partial charge in [-0.3, -0.25) is 0 Å². The van der Waals surface area contributed by atoms with Crippen molar-refractivity contribution in [1.29, 1.82) is 0 Å². The van der Waals surface area contributed by atoms with Crippen molar-refractivity contribution in [1.82, 2.24) is 5.32 Å². The van der Waals surface area contributed by atoms with Crippen LogP contribution in [0.2, 0.25) is 0 Å². The summed E-state index contributed by atoms with van der Waals surface area (Å²) >= 11 is 0. The van der Waals surface area contributed by atoms with E-state index in [4.69, 9.17) is 5.73 Å². The molecule has 0 bridgehead atoms. The van der Waals surface area contributed by atoms with Crippen LogP contribution in [0.4, 0.5) is 8.78 Å². The van der Waals surface area contributed by atoms with E-state index in [0.29, 0.717) is 0 Å². The first-order valence-electron chi connectivity index (χ1n) is 5.12. The van der Waals surface area contributed by atoms with Gasteiger partial charge in [0, 0.05) is 12.1 Å². The molecule has 1 heterocycles. The minimum absolute atomic E-state index is 0.0244. The summed E-state index contributed by atoms with van der Waals surface area (Å²) in [5.41, 5.74) is 6.64. The van der Waals surface area contributed by atoms with Crippen LogP contribution in [0.3, 0.4) is 0 Å². The molecule has 4 heteroatoms. The Bertz CT molecular complexity index is 354. The molecule has 2 rings (SSSR count). The van der Waals surface area contributed by atoms with Gasteiger partial charge in [-0.05, 0) is 37.1 Å². The second kappa shape index (κ2) is 4.24. The van der Waals surface area contributed by atoms with E-state index >= 15 is 0 Å². The molecule has 0 radical (unpaired) electrons. The first kappa shape index (κ1) is 10.5. The van der Waals surface area contributed by atoms with Crippen molar-refractivity contribution in [2.24, 2.45) is 5.73 Å². The Kier molecular flexibility index (Phi) is 2.98. The number of hydrogen-bond acceptors (Lipinski definition) is 2. The number of nitrogens with one attached hydrogen (secondary N) is 1. The van der Waals surface area contributed by atoms with Gasteiger partial charge in [0.15, 0.2) is 11.6 Å². The highest BCUT2D eigenvalue weighted by molar-refractivity contribution is 5.23. The predicted octanol–water partition coefficient (Wildman–Crippen LogP) is 1.72. The Morgan fingerprint density at radius 3 is 2.73 bits per heavy atom. The summed E-state index contributed by atoms with van der Waals surface area (Å²) in [4.78, 5) is 0. The summed E-state index contributed by atoms with van der Waals surface area (Å²) in [5.74, 6) is -1.63. The van der Waals surface area contributed by atoms with E-state index in [-0.39, 0.29) is 12.1 Å². The maximum atomic E-state index is 13.0. The van der Waals surface area contributed by atoms with Gasteiger partial charge in [-0.15, -0.1) is 0 Å². The fourth-order valence-corrected chi connectivity index (χ4v) is 1.98. The molecule has 0 aromatic heterocycles. The third-order valence-corrected chi connectivity index (χ3v) is 2.81. The number of halogens is 2. The molecule has 1 aliphatic rings. The van der Waals surface area contributed by atoms with Crippen LogP contribution < -0.4 is 11.1 Å². The van der Waals surface area contributed by atoms with Gasteiger partial charge in [0.2, 0.25) is 0 Å². The Hall–Kier alpha value is -1.00. The van der Waals surface area contributed by atoms with Crippen LogP contribution in [0, 0.1) is 11.6 Å². The van der Waals surface area contributed by atoms with Crippen molar-refractivity contribution >= 4 is 0 Å². The highest BCUT2D eigenvalue weighted by Gasteiger charge is 2.23. The molecule has 82 valence electrons. The molecule has 0 spiro atoms. The minimum atomic E-state index is -0.817. The lowest BCUT2D eigenvalue weighted by Crippen LogP contribution is -2.42. The third kappa shape index (κ3) is 2.16. The van der Waals surface area contributed by atoms with Gasteiger partial charge in [0.25, 0.3) is 0 Å². The molecular weight excluding hydrogens is 198 g/mol. The SMILES string of the molecule is N[C@H]1CCCN[C@H]1c1ccc(F)c(F)c1. The number of benzene rings is 1. The Balaban J connectivity index is 2.24. The van der Waals surface area contributed by atoms with Crippen molar-refractivity contribution in [3.63, 3.8) is 0 Å². The molecule has 1 aromatic rings. The van der Waals surface area contributed by atoms with Gasteiger partial charge in [0.05, 0.1) is 0 Å². The monoisotopic (exact) mass is 212 g/mol. The predicted molar refractivity (Wildman–Crippen MR) is 54.3 cm³/mol. The molecule has 1 fully saturated rings. The summed E-state index contributed by atoms with van der Waals surface area (Å²) in [6.07, 6.45) is 1.94. The average molecular weight is 212 g/mol. The van der Waals surface area contributed by atoms with Gasteiger partial charge >= 0.3 is 0 Å². The van der Waals surface area contributed by atoms with Crippen molar-refractivity contribution in [3.05, 3.63) is 35.4 Å².